The Morgan fingerprint density at radius 2 is 2.05 bits per heavy atom. The van der Waals surface area contributed by atoms with E-state index in [9.17, 15) is 8.42 Å². The molecule has 21 heavy (non-hydrogen) atoms. The zero-order valence-electron chi connectivity index (χ0n) is 12.6. The first-order valence-electron chi connectivity index (χ1n) is 7.35. The lowest BCUT2D eigenvalue weighted by molar-refractivity contribution is 0.405. The van der Waals surface area contributed by atoms with E-state index in [0.717, 1.165) is 25.7 Å². The Hall–Kier alpha value is -1.11. The van der Waals surface area contributed by atoms with Gasteiger partial charge in [-0.15, -0.1) is 0 Å². The molecule has 0 saturated heterocycles. The number of hydrogen-bond acceptors (Lipinski definition) is 4. The largest absolute Gasteiger partial charge is 0.497 e. The van der Waals surface area contributed by atoms with Gasteiger partial charge in [-0.25, -0.2) is 13.1 Å². The molecule has 118 valence electrons. The molecule has 6 heteroatoms. The average Bonchev–Trinajstić information content (AvgIpc) is 2.98. The maximum Gasteiger partial charge on any atom is 0.241 e. The van der Waals surface area contributed by atoms with Crippen molar-refractivity contribution in [3.63, 3.8) is 0 Å². The van der Waals surface area contributed by atoms with Crippen LogP contribution in [-0.2, 0) is 10.0 Å². The summed E-state index contributed by atoms with van der Waals surface area (Å²) in [5.74, 6) is 1.00. The van der Waals surface area contributed by atoms with Crippen molar-refractivity contribution in [2.45, 2.75) is 43.5 Å². The Labute approximate surface area is 126 Å². The zero-order valence-corrected chi connectivity index (χ0v) is 13.4. The maximum absolute atomic E-state index is 12.6. The predicted molar refractivity (Wildman–Crippen MR) is 82.9 cm³/mol. The SMILES string of the molecule is COc1ccc(S(=O)(=O)NC(CN)C2CCCC2)c(C)c1. The summed E-state index contributed by atoms with van der Waals surface area (Å²) >= 11 is 0. The van der Waals surface area contributed by atoms with Crippen LogP contribution >= 0.6 is 0 Å². The van der Waals surface area contributed by atoms with Crippen LogP contribution in [0.2, 0.25) is 0 Å². The van der Waals surface area contributed by atoms with Gasteiger partial charge in [0.15, 0.2) is 0 Å². The lowest BCUT2D eigenvalue weighted by Crippen LogP contribution is -2.44. The molecular weight excluding hydrogens is 288 g/mol. The third-order valence-corrected chi connectivity index (χ3v) is 5.85. The van der Waals surface area contributed by atoms with E-state index in [1.54, 1.807) is 32.2 Å². The average molecular weight is 312 g/mol. The van der Waals surface area contributed by atoms with Crippen LogP contribution in [0.1, 0.15) is 31.2 Å². The first-order chi connectivity index (χ1) is 9.97. The van der Waals surface area contributed by atoms with Gasteiger partial charge in [0.2, 0.25) is 10.0 Å². The molecule has 0 heterocycles. The van der Waals surface area contributed by atoms with Gasteiger partial charge < -0.3 is 10.5 Å². The van der Waals surface area contributed by atoms with E-state index < -0.39 is 10.0 Å². The zero-order chi connectivity index (χ0) is 15.5. The second kappa shape index (κ2) is 6.77. The predicted octanol–water partition coefficient (Wildman–Crippen LogP) is 1.80. The molecule has 0 amide bonds. The fourth-order valence-corrected chi connectivity index (χ4v) is 4.55. The normalized spacial score (nSPS) is 17.9. The number of hydrogen-bond donors (Lipinski definition) is 2. The van der Waals surface area contributed by atoms with Crippen LogP contribution in [-0.4, -0.2) is 28.1 Å². The Morgan fingerprint density at radius 1 is 1.38 bits per heavy atom. The second-order valence-corrected chi connectivity index (χ2v) is 7.32. The molecule has 1 aromatic carbocycles. The van der Waals surface area contributed by atoms with Crippen LogP contribution in [0.15, 0.2) is 23.1 Å². The molecule has 1 atom stereocenters. The minimum absolute atomic E-state index is 0.181. The summed E-state index contributed by atoms with van der Waals surface area (Å²) in [6.07, 6.45) is 4.41. The molecule has 0 aliphatic heterocycles. The van der Waals surface area contributed by atoms with E-state index in [1.807, 2.05) is 0 Å². The molecule has 1 fully saturated rings. The fraction of sp³-hybridized carbons (Fsp3) is 0.600. The Morgan fingerprint density at radius 3 is 2.57 bits per heavy atom. The number of ether oxygens (including phenoxy) is 1. The molecule has 1 unspecified atom stereocenters. The van der Waals surface area contributed by atoms with Gasteiger partial charge >= 0.3 is 0 Å². The number of nitrogens with one attached hydrogen (secondary N) is 1. The molecule has 0 aromatic heterocycles. The van der Waals surface area contributed by atoms with Gasteiger partial charge in [0, 0.05) is 12.6 Å². The first-order valence-corrected chi connectivity index (χ1v) is 8.83. The van der Waals surface area contributed by atoms with Crippen LogP contribution in [0.25, 0.3) is 0 Å². The van der Waals surface area contributed by atoms with Crippen molar-refractivity contribution in [3.8, 4) is 5.75 Å². The van der Waals surface area contributed by atoms with Gasteiger partial charge in [-0.05, 0) is 49.4 Å². The van der Waals surface area contributed by atoms with Crippen LogP contribution in [0, 0.1) is 12.8 Å². The summed E-state index contributed by atoms with van der Waals surface area (Å²) in [6.45, 7) is 2.10. The Bertz CT molecular complexity index is 581. The van der Waals surface area contributed by atoms with Crippen molar-refractivity contribution < 1.29 is 13.2 Å². The second-order valence-electron chi connectivity index (χ2n) is 5.64. The molecule has 5 nitrogen and oxygen atoms in total. The summed E-state index contributed by atoms with van der Waals surface area (Å²) in [5.41, 5.74) is 6.45. The van der Waals surface area contributed by atoms with Gasteiger partial charge in [0.05, 0.1) is 12.0 Å². The van der Waals surface area contributed by atoms with E-state index in [4.69, 9.17) is 10.5 Å². The highest BCUT2D eigenvalue weighted by atomic mass is 32.2. The molecule has 1 aromatic rings. The Balaban J connectivity index is 2.20. The van der Waals surface area contributed by atoms with Crippen molar-refractivity contribution in [1.29, 1.82) is 0 Å². The molecule has 0 bridgehead atoms. The molecule has 1 saturated carbocycles. The lowest BCUT2D eigenvalue weighted by atomic mass is 9.99. The van der Waals surface area contributed by atoms with E-state index >= 15 is 0 Å². The van der Waals surface area contributed by atoms with Crippen LogP contribution in [0.3, 0.4) is 0 Å². The lowest BCUT2D eigenvalue weighted by Gasteiger charge is -2.23. The molecule has 1 aliphatic rings. The standard InChI is InChI=1S/C15H24N2O3S/c1-11-9-13(20-2)7-8-15(11)21(18,19)17-14(10-16)12-5-3-4-6-12/h7-9,12,14,17H,3-6,10,16H2,1-2H3. The summed E-state index contributed by atoms with van der Waals surface area (Å²) in [5, 5.41) is 0. The van der Waals surface area contributed by atoms with Gasteiger partial charge in [0.25, 0.3) is 0 Å². The number of aryl methyl sites for hydroxylation is 1. The van der Waals surface area contributed by atoms with E-state index in [0.29, 0.717) is 28.7 Å². The van der Waals surface area contributed by atoms with Crippen molar-refractivity contribution in [3.05, 3.63) is 23.8 Å². The quantitative estimate of drug-likeness (QED) is 0.839. The highest BCUT2D eigenvalue weighted by Crippen LogP contribution is 2.29. The van der Waals surface area contributed by atoms with Crippen molar-refractivity contribution in [1.82, 2.24) is 4.72 Å². The van der Waals surface area contributed by atoms with Crippen LogP contribution in [0.5, 0.6) is 5.75 Å². The van der Waals surface area contributed by atoms with Crippen LogP contribution in [0.4, 0.5) is 0 Å². The number of benzene rings is 1. The molecular formula is C15H24N2O3S. The third kappa shape index (κ3) is 3.75. The first kappa shape index (κ1) is 16.3. The van der Waals surface area contributed by atoms with E-state index in [2.05, 4.69) is 4.72 Å². The Kier molecular flexibility index (Phi) is 5.24. The fourth-order valence-electron chi connectivity index (χ4n) is 3.01. The summed E-state index contributed by atoms with van der Waals surface area (Å²) in [7, 11) is -1.99. The smallest absolute Gasteiger partial charge is 0.241 e. The molecule has 2 rings (SSSR count). The molecule has 0 spiro atoms. The van der Waals surface area contributed by atoms with Gasteiger partial charge in [-0.2, -0.15) is 0 Å². The number of methoxy groups -OCH3 is 1. The highest BCUT2D eigenvalue weighted by Gasteiger charge is 2.29. The highest BCUT2D eigenvalue weighted by molar-refractivity contribution is 7.89. The van der Waals surface area contributed by atoms with Crippen molar-refractivity contribution >= 4 is 10.0 Å². The molecule has 3 N–H and O–H groups in total. The topological polar surface area (TPSA) is 81.4 Å². The van der Waals surface area contributed by atoms with E-state index in [1.165, 1.54) is 0 Å². The van der Waals surface area contributed by atoms with Crippen molar-refractivity contribution in [2.24, 2.45) is 11.7 Å². The minimum Gasteiger partial charge on any atom is -0.497 e. The summed E-state index contributed by atoms with van der Waals surface area (Å²) in [4.78, 5) is 0.291. The van der Waals surface area contributed by atoms with Gasteiger partial charge in [-0.3, -0.25) is 0 Å². The number of sulfonamides is 1. The number of rotatable bonds is 6. The summed E-state index contributed by atoms with van der Waals surface area (Å²) in [6, 6.07) is 4.79. The number of nitrogens with two attached hydrogens (primary N) is 1. The van der Waals surface area contributed by atoms with Gasteiger partial charge in [-0.1, -0.05) is 12.8 Å². The molecule has 1 aliphatic carbocycles. The third-order valence-electron chi connectivity index (χ3n) is 4.20. The minimum atomic E-state index is -3.55. The summed E-state index contributed by atoms with van der Waals surface area (Å²) < 4.78 is 33.0. The maximum atomic E-state index is 12.6. The van der Waals surface area contributed by atoms with Gasteiger partial charge in [0.1, 0.15) is 5.75 Å². The van der Waals surface area contributed by atoms with Crippen molar-refractivity contribution in [2.75, 3.05) is 13.7 Å². The van der Waals surface area contributed by atoms with E-state index in [-0.39, 0.29) is 6.04 Å². The van der Waals surface area contributed by atoms with Crippen LogP contribution < -0.4 is 15.2 Å². The molecule has 0 radical (unpaired) electrons. The monoisotopic (exact) mass is 312 g/mol.